The summed E-state index contributed by atoms with van der Waals surface area (Å²) in [6.07, 6.45) is 1.58. The molecule has 2 aromatic carbocycles. The van der Waals surface area contributed by atoms with Crippen LogP contribution in [0.4, 0.5) is 5.69 Å². The first-order valence-electron chi connectivity index (χ1n) is 12.0. The van der Waals surface area contributed by atoms with Gasteiger partial charge in [-0.3, -0.25) is 24.3 Å². The summed E-state index contributed by atoms with van der Waals surface area (Å²) in [5.41, 5.74) is 1.48. The van der Waals surface area contributed by atoms with Gasteiger partial charge in [0, 0.05) is 24.7 Å². The highest BCUT2D eigenvalue weighted by Gasteiger charge is 2.35. The molecule has 10 nitrogen and oxygen atoms in total. The van der Waals surface area contributed by atoms with Crippen molar-refractivity contribution in [2.45, 2.75) is 26.8 Å². The average molecular weight is 537 g/mol. The number of hydrogen-bond acceptors (Lipinski definition) is 8. The lowest BCUT2D eigenvalue weighted by atomic mass is 9.94. The number of nitro groups is 1. The van der Waals surface area contributed by atoms with Gasteiger partial charge in [-0.25, -0.2) is 4.99 Å². The fourth-order valence-corrected chi connectivity index (χ4v) is 5.60. The van der Waals surface area contributed by atoms with E-state index < -0.39 is 11.0 Å². The van der Waals surface area contributed by atoms with E-state index in [1.807, 2.05) is 32.0 Å². The van der Waals surface area contributed by atoms with Crippen LogP contribution < -0.4 is 24.4 Å². The minimum absolute atomic E-state index is 0.125. The summed E-state index contributed by atoms with van der Waals surface area (Å²) in [5.74, 6) is 0.463. The summed E-state index contributed by atoms with van der Waals surface area (Å²) in [6, 6.07) is 11.0. The number of carbonyl (C=O) groups is 1. The summed E-state index contributed by atoms with van der Waals surface area (Å²) in [6.45, 7) is 6.58. The van der Waals surface area contributed by atoms with Crippen LogP contribution in [-0.4, -0.2) is 47.6 Å². The fourth-order valence-electron chi connectivity index (χ4n) is 4.55. The number of nitro benzene ring substituents is 1. The molecule has 11 heteroatoms. The Morgan fingerprint density at radius 1 is 1.16 bits per heavy atom. The van der Waals surface area contributed by atoms with Gasteiger partial charge in [0.05, 0.1) is 34.9 Å². The number of amides is 1. The number of likely N-dealkylation sites (N-methyl/N-ethyl adjacent to an activating group) is 1. The lowest BCUT2D eigenvalue weighted by molar-refractivity contribution is -0.385. The van der Waals surface area contributed by atoms with Gasteiger partial charge in [0.15, 0.2) is 10.6 Å². The van der Waals surface area contributed by atoms with Crippen LogP contribution in [0.3, 0.4) is 0 Å². The number of rotatable bonds is 8. The molecule has 1 aliphatic heterocycles. The predicted molar refractivity (Wildman–Crippen MR) is 144 cm³/mol. The smallest absolute Gasteiger partial charge is 0.311 e. The van der Waals surface area contributed by atoms with Crippen LogP contribution in [0, 0.1) is 10.1 Å². The molecule has 0 saturated heterocycles. The second-order valence-corrected chi connectivity index (χ2v) is 9.50. The van der Waals surface area contributed by atoms with E-state index in [1.165, 1.54) is 23.8 Å². The summed E-state index contributed by atoms with van der Waals surface area (Å²) >= 11 is 1.16. The molecule has 2 heterocycles. The van der Waals surface area contributed by atoms with Gasteiger partial charge in [-0.15, -0.1) is 0 Å². The van der Waals surface area contributed by atoms with Crippen LogP contribution >= 0.6 is 11.3 Å². The van der Waals surface area contributed by atoms with Gasteiger partial charge in [-0.05, 0) is 44.5 Å². The summed E-state index contributed by atoms with van der Waals surface area (Å²) in [7, 11) is 2.90. The molecule has 4 rings (SSSR count). The summed E-state index contributed by atoms with van der Waals surface area (Å²) < 4.78 is 12.5. The number of hydrogen-bond donors (Lipinski definition) is 0. The molecule has 198 valence electrons. The Morgan fingerprint density at radius 3 is 2.47 bits per heavy atom. The first-order chi connectivity index (χ1) is 18.2. The molecule has 38 heavy (non-hydrogen) atoms. The topological polar surface area (TPSA) is 116 Å². The van der Waals surface area contributed by atoms with Crippen molar-refractivity contribution in [1.82, 2.24) is 9.47 Å². The van der Waals surface area contributed by atoms with Crippen LogP contribution in [0.15, 0.2) is 63.5 Å². The molecule has 0 unspecified atom stereocenters. The van der Waals surface area contributed by atoms with E-state index in [9.17, 15) is 19.7 Å². The van der Waals surface area contributed by atoms with E-state index in [1.54, 1.807) is 37.1 Å². The molecule has 1 atom stereocenters. The van der Waals surface area contributed by atoms with Gasteiger partial charge >= 0.3 is 5.69 Å². The van der Waals surface area contributed by atoms with Crippen molar-refractivity contribution in [3.05, 3.63) is 94.7 Å². The van der Waals surface area contributed by atoms with Crippen molar-refractivity contribution in [3.8, 4) is 11.5 Å². The Balaban J connectivity index is 1.98. The highest BCUT2D eigenvalue weighted by Crippen LogP contribution is 2.36. The van der Waals surface area contributed by atoms with Crippen LogP contribution in [0.5, 0.6) is 11.5 Å². The quantitative estimate of drug-likeness (QED) is 0.323. The van der Waals surface area contributed by atoms with Crippen LogP contribution in [0.25, 0.3) is 6.08 Å². The van der Waals surface area contributed by atoms with Crippen LogP contribution in [-0.2, 0) is 4.79 Å². The van der Waals surface area contributed by atoms with E-state index >= 15 is 0 Å². The molecule has 0 saturated carbocycles. The summed E-state index contributed by atoms with van der Waals surface area (Å²) in [4.78, 5) is 45.3. The molecule has 1 aromatic heterocycles. The number of benzene rings is 2. The minimum atomic E-state index is -0.761. The molecule has 1 amide bonds. The van der Waals surface area contributed by atoms with E-state index in [2.05, 4.69) is 4.99 Å². The first kappa shape index (κ1) is 26.8. The van der Waals surface area contributed by atoms with Crippen molar-refractivity contribution < 1.29 is 19.2 Å². The number of ether oxygens (including phenoxy) is 2. The number of fused-ring (bicyclic) bond motifs is 1. The zero-order chi connectivity index (χ0) is 27.6. The van der Waals surface area contributed by atoms with Crippen molar-refractivity contribution in [3.63, 3.8) is 0 Å². The summed E-state index contributed by atoms with van der Waals surface area (Å²) in [5, 5.41) is 11.5. The standard InChI is InChI=1S/C27H28N4O6S/c1-6-29(7-2)26(33)23-16(3)28-27-30(24(23)18-10-8-9-11-20(18)36-4)25(32)22(38-27)15-17-12-13-21(37-5)19(14-17)31(34)35/h8-15,24H,6-7H2,1-5H3/b22-15+/t24-/m0/s1. The molecular weight excluding hydrogens is 508 g/mol. The molecule has 0 N–H and O–H groups in total. The van der Waals surface area contributed by atoms with Gasteiger partial charge < -0.3 is 14.4 Å². The largest absolute Gasteiger partial charge is 0.496 e. The zero-order valence-corrected chi connectivity index (χ0v) is 22.6. The zero-order valence-electron chi connectivity index (χ0n) is 21.8. The Hall–Kier alpha value is -4.25. The Kier molecular flexibility index (Phi) is 7.77. The molecule has 0 fully saturated rings. The number of carbonyl (C=O) groups excluding carboxylic acids is 1. The first-order valence-corrected chi connectivity index (χ1v) is 12.8. The van der Waals surface area contributed by atoms with E-state index in [0.717, 1.165) is 11.3 Å². The van der Waals surface area contributed by atoms with Crippen LogP contribution in [0.2, 0.25) is 0 Å². The number of nitrogens with zero attached hydrogens (tertiary/aromatic N) is 4. The van der Waals surface area contributed by atoms with E-state index in [0.29, 0.717) is 50.6 Å². The third-order valence-electron chi connectivity index (χ3n) is 6.43. The molecule has 0 spiro atoms. The van der Waals surface area contributed by atoms with Crippen molar-refractivity contribution in [1.29, 1.82) is 0 Å². The molecule has 1 aliphatic rings. The third kappa shape index (κ3) is 4.72. The number of aromatic nitrogens is 1. The van der Waals surface area contributed by atoms with Crippen LogP contribution in [0.1, 0.15) is 37.9 Å². The lowest BCUT2D eigenvalue weighted by Gasteiger charge is -2.29. The molecule has 0 aliphatic carbocycles. The fraction of sp³-hybridized carbons (Fsp3) is 0.296. The molecule has 0 bridgehead atoms. The van der Waals surface area contributed by atoms with Gasteiger partial charge in [0.1, 0.15) is 11.8 Å². The van der Waals surface area contributed by atoms with E-state index in [-0.39, 0.29) is 22.9 Å². The predicted octanol–water partition coefficient (Wildman–Crippen LogP) is 3.03. The van der Waals surface area contributed by atoms with Gasteiger partial charge in [-0.1, -0.05) is 35.6 Å². The van der Waals surface area contributed by atoms with Crippen molar-refractivity contribution in [2.75, 3.05) is 27.3 Å². The molecule has 0 radical (unpaired) electrons. The monoisotopic (exact) mass is 536 g/mol. The maximum atomic E-state index is 13.9. The molecule has 3 aromatic rings. The minimum Gasteiger partial charge on any atom is -0.496 e. The van der Waals surface area contributed by atoms with Crippen molar-refractivity contribution >= 4 is 29.0 Å². The number of para-hydroxylation sites is 1. The Labute approximate surface area is 222 Å². The van der Waals surface area contributed by atoms with Crippen molar-refractivity contribution in [2.24, 2.45) is 4.99 Å². The maximum Gasteiger partial charge on any atom is 0.311 e. The second-order valence-electron chi connectivity index (χ2n) is 8.49. The normalized spacial score (nSPS) is 15.1. The number of methoxy groups -OCH3 is 2. The average Bonchev–Trinajstić information content (AvgIpc) is 3.22. The van der Waals surface area contributed by atoms with E-state index in [4.69, 9.17) is 9.47 Å². The Morgan fingerprint density at radius 2 is 1.84 bits per heavy atom. The maximum absolute atomic E-state index is 13.9. The number of allylic oxidation sites excluding steroid dienone is 1. The van der Waals surface area contributed by atoms with Gasteiger partial charge in [0.25, 0.3) is 11.5 Å². The van der Waals surface area contributed by atoms with Gasteiger partial charge in [0.2, 0.25) is 0 Å². The lowest BCUT2D eigenvalue weighted by Crippen LogP contribution is -2.43. The highest BCUT2D eigenvalue weighted by atomic mass is 32.1. The highest BCUT2D eigenvalue weighted by molar-refractivity contribution is 7.07. The SMILES string of the molecule is CCN(CC)C(=O)C1=C(C)N=c2s/c(=C/c3ccc(OC)c([N+](=O)[O-])c3)c(=O)n2[C@H]1c1ccccc1OC. The third-order valence-corrected chi connectivity index (χ3v) is 7.42. The van der Waals surface area contributed by atoms with Gasteiger partial charge in [-0.2, -0.15) is 0 Å². The molecular formula is C27H28N4O6S. The number of thiazole rings is 1. The second kappa shape index (κ2) is 11.0. The Bertz CT molecular complexity index is 1620.